The van der Waals surface area contributed by atoms with Crippen LogP contribution in [-0.2, 0) is 28.4 Å². The van der Waals surface area contributed by atoms with Crippen molar-refractivity contribution in [3.8, 4) is 0 Å². The number of nitrogens with one attached hydrogen (secondary N) is 1. The number of carbonyl (C=O) groups is 1. The summed E-state index contributed by atoms with van der Waals surface area (Å²) in [5.74, 6) is -1.61. The average molecular weight is 620 g/mol. The molecule has 9 heteroatoms. The molecule has 3 heterocycles. The number of carbonyl (C=O) groups excluding carboxylic acids is 1. The Hall–Kier alpha value is -3.08. The summed E-state index contributed by atoms with van der Waals surface area (Å²) in [4.78, 5) is 13.1. The number of aryl methyl sites for hydroxylation is 1. The van der Waals surface area contributed by atoms with Gasteiger partial charge < -0.3 is 33.7 Å². The summed E-state index contributed by atoms with van der Waals surface area (Å²) in [6, 6.07) is 20.8. The molecule has 0 radical (unpaired) electrons. The zero-order valence-electron chi connectivity index (χ0n) is 25.5. The van der Waals surface area contributed by atoms with E-state index in [-0.39, 0.29) is 30.2 Å². The standard InChI is InChI=1S/C35H38ClNO7/c1-21-11-6-8-14-24(21)29(38)25-17-16-23(19-26(25)36)37-27-15-9-7-12-22(27)13-10-18-39-20-28-30-31(42-34(2,3)41-30)32-33(40-28)44-35(4,5)43-32/h6-17,19,28,30-33,37H,18,20H2,1-5H3/t28-,30+,31+,32-,33-/m1/s1. The summed E-state index contributed by atoms with van der Waals surface area (Å²) in [5.41, 5.74) is 4.66. The van der Waals surface area contributed by atoms with Crippen LogP contribution in [0.25, 0.3) is 6.08 Å². The van der Waals surface area contributed by atoms with Gasteiger partial charge in [0.25, 0.3) is 0 Å². The molecule has 6 rings (SSSR count). The highest BCUT2D eigenvalue weighted by atomic mass is 35.5. The van der Waals surface area contributed by atoms with E-state index in [0.29, 0.717) is 29.4 Å². The Balaban J connectivity index is 1.07. The Morgan fingerprint density at radius 3 is 2.39 bits per heavy atom. The molecule has 0 saturated carbocycles. The van der Waals surface area contributed by atoms with Crippen LogP contribution in [0.2, 0.25) is 5.02 Å². The number of ketones is 1. The lowest BCUT2D eigenvalue weighted by atomic mass is 9.99. The quantitative estimate of drug-likeness (QED) is 0.202. The van der Waals surface area contributed by atoms with E-state index in [2.05, 4.69) is 5.32 Å². The summed E-state index contributed by atoms with van der Waals surface area (Å²) in [5, 5.41) is 3.81. The minimum Gasteiger partial charge on any atom is -0.375 e. The highest BCUT2D eigenvalue weighted by Gasteiger charge is 2.60. The van der Waals surface area contributed by atoms with Gasteiger partial charge in [-0.15, -0.1) is 0 Å². The maximum absolute atomic E-state index is 13.1. The van der Waals surface area contributed by atoms with Crippen LogP contribution in [0.5, 0.6) is 0 Å². The molecular formula is C35H38ClNO7. The van der Waals surface area contributed by atoms with Crippen LogP contribution in [0.15, 0.2) is 72.8 Å². The fraction of sp³-hybridized carbons (Fsp3) is 0.400. The average Bonchev–Trinajstić information content (AvgIpc) is 3.47. The molecule has 3 aromatic carbocycles. The van der Waals surface area contributed by atoms with E-state index in [9.17, 15) is 4.79 Å². The van der Waals surface area contributed by atoms with E-state index < -0.39 is 17.9 Å². The maximum atomic E-state index is 13.1. The van der Waals surface area contributed by atoms with Crippen LogP contribution in [0, 0.1) is 6.92 Å². The van der Waals surface area contributed by atoms with Gasteiger partial charge in [0.15, 0.2) is 23.6 Å². The molecule has 3 aliphatic heterocycles. The zero-order chi connectivity index (χ0) is 31.1. The minimum absolute atomic E-state index is 0.0966. The first kappa shape index (κ1) is 30.9. The third kappa shape index (κ3) is 6.62. The Labute approximate surface area is 263 Å². The number of anilines is 2. The molecular weight excluding hydrogens is 582 g/mol. The fourth-order valence-corrected chi connectivity index (χ4v) is 6.18. The number of hydrogen-bond acceptors (Lipinski definition) is 8. The summed E-state index contributed by atoms with van der Waals surface area (Å²) in [7, 11) is 0. The fourth-order valence-electron chi connectivity index (χ4n) is 5.92. The number of halogens is 1. The molecule has 3 fully saturated rings. The lowest BCUT2D eigenvalue weighted by molar-refractivity contribution is -0.242. The Kier molecular flexibility index (Phi) is 8.69. The molecule has 3 saturated heterocycles. The molecule has 0 amide bonds. The van der Waals surface area contributed by atoms with Gasteiger partial charge in [0.1, 0.15) is 24.4 Å². The van der Waals surface area contributed by atoms with Crippen molar-refractivity contribution in [2.45, 2.75) is 76.9 Å². The molecule has 8 nitrogen and oxygen atoms in total. The van der Waals surface area contributed by atoms with Crippen LogP contribution >= 0.6 is 11.6 Å². The van der Waals surface area contributed by atoms with Gasteiger partial charge in [-0.3, -0.25) is 4.79 Å². The lowest BCUT2D eigenvalue weighted by Gasteiger charge is -2.37. The highest BCUT2D eigenvalue weighted by Crippen LogP contribution is 2.44. The van der Waals surface area contributed by atoms with Gasteiger partial charge in [-0.2, -0.15) is 0 Å². The second-order valence-corrected chi connectivity index (χ2v) is 12.6. The van der Waals surface area contributed by atoms with Gasteiger partial charge in [-0.25, -0.2) is 0 Å². The van der Waals surface area contributed by atoms with E-state index in [0.717, 1.165) is 22.5 Å². The molecule has 0 unspecified atom stereocenters. The largest absolute Gasteiger partial charge is 0.375 e. The van der Waals surface area contributed by atoms with E-state index in [1.54, 1.807) is 12.1 Å². The number of para-hydroxylation sites is 1. The molecule has 44 heavy (non-hydrogen) atoms. The smallest absolute Gasteiger partial charge is 0.194 e. The summed E-state index contributed by atoms with van der Waals surface area (Å²) in [6.45, 7) is 10.1. The third-order valence-electron chi connectivity index (χ3n) is 7.89. The van der Waals surface area contributed by atoms with Crippen LogP contribution in [0.4, 0.5) is 11.4 Å². The first-order valence-corrected chi connectivity index (χ1v) is 15.2. The van der Waals surface area contributed by atoms with Crippen LogP contribution < -0.4 is 5.32 Å². The SMILES string of the molecule is Cc1ccccc1C(=O)c1ccc(Nc2ccccc2C=CCOC[C@H]2O[C@@H]3OC(C)(C)O[C@@H]3[C@H]3OC(C)(C)O[C@H]32)cc1Cl. The first-order chi connectivity index (χ1) is 21.0. The number of fused-ring (bicyclic) bond motifs is 3. The molecule has 5 atom stereocenters. The van der Waals surface area contributed by atoms with Crippen molar-refractivity contribution in [3.63, 3.8) is 0 Å². The molecule has 0 aromatic heterocycles. The number of rotatable bonds is 9. The molecule has 232 valence electrons. The molecule has 3 aliphatic rings. The Morgan fingerprint density at radius 1 is 0.886 bits per heavy atom. The molecule has 0 aliphatic carbocycles. The summed E-state index contributed by atoms with van der Waals surface area (Å²) in [6.07, 6.45) is 2.03. The van der Waals surface area contributed by atoms with Crippen molar-refractivity contribution in [2.24, 2.45) is 0 Å². The van der Waals surface area contributed by atoms with Crippen LogP contribution in [0.1, 0.15) is 54.7 Å². The molecule has 0 bridgehead atoms. The van der Waals surface area contributed by atoms with Gasteiger partial charge in [-0.1, -0.05) is 66.2 Å². The van der Waals surface area contributed by atoms with Crippen molar-refractivity contribution >= 4 is 34.8 Å². The normalized spacial score (nSPS) is 26.8. The van der Waals surface area contributed by atoms with Crippen molar-refractivity contribution in [1.82, 2.24) is 0 Å². The van der Waals surface area contributed by atoms with Crippen molar-refractivity contribution in [2.75, 3.05) is 18.5 Å². The van der Waals surface area contributed by atoms with Crippen molar-refractivity contribution in [1.29, 1.82) is 0 Å². The summed E-state index contributed by atoms with van der Waals surface area (Å²) < 4.78 is 36.6. The predicted octanol–water partition coefficient (Wildman–Crippen LogP) is 7.05. The van der Waals surface area contributed by atoms with Gasteiger partial charge in [0.05, 0.1) is 18.2 Å². The minimum atomic E-state index is -0.762. The van der Waals surface area contributed by atoms with Gasteiger partial charge in [0.2, 0.25) is 0 Å². The Bertz CT molecular complexity index is 1550. The number of hydrogen-bond donors (Lipinski definition) is 1. The second-order valence-electron chi connectivity index (χ2n) is 12.2. The topological polar surface area (TPSA) is 84.5 Å². The van der Waals surface area contributed by atoms with Gasteiger partial charge in [-0.05, 0) is 70.0 Å². The second kappa shape index (κ2) is 12.4. The lowest BCUT2D eigenvalue weighted by Crippen LogP contribution is -2.56. The summed E-state index contributed by atoms with van der Waals surface area (Å²) >= 11 is 6.57. The van der Waals surface area contributed by atoms with Crippen molar-refractivity contribution < 1.29 is 33.2 Å². The van der Waals surface area contributed by atoms with E-state index in [1.165, 1.54) is 0 Å². The number of benzene rings is 3. The van der Waals surface area contributed by atoms with Crippen LogP contribution in [-0.4, -0.2) is 61.3 Å². The monoisotopic (exact) mass is 619 g/mol. The van der Waals surface area contributed by atoms with Gasteiger partial charge >= 0.3 is 0 Å². The molecule has 0 spiro atoms. The first-order valence-electron chi connectivity index (χ1n) is 14.9. The zero-order valence-corrected chi connectivity index (χ0v) is 26.3. The van der Waals surface area contributed by atoms with Crippen molar-refractivity contribution in [3.05, 3.63) is 100 Å². The third-order valence-corrected chi connectivity index (χ3v) is 8.20. The molecule has 1 N–H and O–H groups in total. The van der Waals surface area contributed by atoms with E-state index >= 15 is 0 Å². The van der Waals surface area contributed by atoms with E-state index in [1.807, 2.05) is 101 Å². The van der Waals surface area contributed by atoms with Gasteiger partial charge in [0, 0.05) is 22.5 Å². The highest BCUT2D eigenvalue weighted by molar-refractivity contribution is 6.35. The number of ether oxygens (including phenoxy) is 6. The van der Waals surface area contributed by atoms with E-state index in [4.69, 9.17) is 40.0 Å². The Morgan fingerprint density at radius 2 is 1.59 bits per heavy atom. The predicted molar refractivity (Wildman–Crippen MR) is 168 cm³/mol. The maximum Gasteiger partial charge on any atom is 0.194 e. The molecule has 3 aromatic rings. The van der Waals surface area contributed by atoms with Crippen LogP contribution in [0.3, 0.4) is 0 Å².